The number of benzene rings is 2. The van der Waals surface area contributed by atoms with Crippen molar-refractivity contribution in [2.75, 3.05) is 0 Å². The van der Waals surface area contributed by atoms with Crippen LogP contribution in [0.5, 0.6) is 0 Å². The average Bonchev–Trinajstić information content (AvgIpc) is 2.36. The van der Waals surface area contributed by atoms with Crippen molar-refractivity contribution >= 4 is 0 Å². The highest BCUT2D eigenvalue weighted by atomic mass is 14.3. The van der Waals surface area contributed by atoms with E-state index < -0.39 is 0 Å². The molecule has 0 radical (unpaired) electrons. The fourth-order valence-electron chi connectivity index (χ4n) is 2.75. The summed E-state index contributed by atoms with van der Waals surface area (Å²) < 4.78 is 0. The van der Waals surface area contributed by atoms with E-state index in [9.17, 15) is 0 Å². The van der Waals surface area contributed by atoms with Gasteiger partial charge in [0.1, 0.15) is 0 Å². The van der Waals surface area contributed by atoms with Crippen LogP contribution >= 0.6 is 0 Å². The SMILES string of the molecule is CC1CC(c2ccc(-c3ccccc3)cc2)C1. The molecule has 0 amide bonds. The smallest absolute Gasteiger partial charge is 0.0157 e. The van der Waals surface area contributed by atoms with E-state index in [0.29, 0.717) is 0 Å². The zero-order valence-electron chi connectivity index (χ0n) is 10.3. The second-order valence-corrected chi connectivity index (χ2v) is 5.26. The summed E-state index contributed by atoms with van der Waals surface area (Å²) in [5.74, 6) is 1.74. The highest BCUT2D eigenvalue weighted by molar-refractivity contribution is 5.63. The van der Waals surface area contributed by atoms with Crippen LogP contribution in [0.4, 0.5) is 0 Å². The van der Waals surface area contributed by atoms with E-state index in [-0.39, 0.29) is 0 Å². The molecule has 0 unspecified atom stereocenters. The molecule has 1 aliphatic rings. The molecule has 0 atom stereocenters. The number of rotatable bonds is 2. The van der Waals surface area contributed by atoms with Gasteiger partial charge in [-0.2, -0.15) is 0 Å². The van der Waals surface area contributed by atoms with Crippen LogP contribution < -0.4 is 0 Å². The minimum Gasteiger partial charge on any atom is -0.0625 e. The molecule has 0 bridgehead atoms. The Labute approximate surface area is 103 Å². The molecule has 2 aromatic rings. The number of hydrogen-bond donors (Lipinski definition) is 0. The van der Waals surface area contributed by atoms with Gasteiger partial charge in [0, 0.05) is 0 Å². The summed E-state index contributed by atoms with van der Waals surface area (Å²) in [4.78, 5) is 0. The molecule has 86 valence electrons. The van der Waals surface area contributed by atoms with Gasteiger partial charge < -0.3 is 0 Å². The molecular formula is C17H18. The largest absolute Gasteiger partial charge is 0.0625 e. The van der Waals surface area contributed by atoms with Gasteiger partial charge in [-0.15, -0.1) is 0 Å². The summed E-state index contributed by atoms with van der Waals surface area (Å²) in [6.45, 7) is 2.34. The van der Waals surface area contributed by atoms with Gasteiger partial charge in [-0.1, -0.05) is 61.5 Å². The Morgan fingerprint density at radius 3 is 1.94 bits per heavy atom. The fourth-order valence-corrected chi connectivity index (χ4v) is 2.75. The van der Waals surface area contributed by atoms with E-state index in [4.69, 9.17) is 0 Å². The van der Waals surface area contributed by atoms with Crippen LogP contribution in [-0.2, 0) is 0 Å². The first-order valence-electron chi connectivity index (χ1n) is 6.48. The van der Waals surface area contributed by atoms with E-state index in [0.717, 1.165) is 11.8 Å². The van der Waals surface area contributed by atoms with Crippen molar-refractivity contribution in [1.29, 1.82) is 0 Å². The summed E-state index contributed by atoms with van der Waals surface area (Å²) in [6, 6.07) is 19.7. The van der Waals surface area contributed by atoms with Crippen LogP contribution in [0, 0.1) is 5.92 Å². The fraction of sp³-hybridized carbons (Fsp3) is 0.294. The zero-order valence-corrected chi connectivity index (χ0v) is 10.3. The molecule has 2 aromatic carbocycles. The maximum atomic E-state index is 2.34. The molecule has 1 saturated carbocycles. The third-order valence-corrected chi connectivity index (χ3v) is 3.86. The lowest BCUT2D eigenvalue weighted by Gasteiger charge is -2.33. The van der Waals surface area contributed by atoms with E-state index >= 15 is 0 Å². The molecule has 0 aliphatic heterocycles. The molecule has 0 N–H and O–H groups in total. The first-order chi connectivity index (χ1) is 8.33. The Morgan fingerprint density at radius 1 is 0.765 bits per heavy atom. The second-order valence-electron chi connectivity index (χ2n) is 5.26. The van der Waals surface area contributed by atoms with Crippen LogP contribution in [0.25, 0.3) is 11.1 Å². The Hall–Kier alpha value is -1.56. The van der Waals surface area contributed by atoms with Crippen LogP contribution in [0.2, 0.25) is 0 Å². The Bertz CT molecular complexity index is 475. The molecule has 0 spiro atoms. The average molecular weight is 222 g/mol. The topological polar surface area (TPSA) is 0 Å². The molecular weight excluding hydrogens is 204 g/mol. The minimum absolute atomic E-state index is 0.815. The van der Waals surface area contributed by atoms with Crippen molar-refractivity contribution in [2.45, 2.75) is 25.7 Å². The summed E-state index contributed by atoms with van der Waals surface area (Å²) in [5, 5.41) is 0. The third-order valence-electron chi connectivity index (χ3n) is 3.86. The Morgan fingerprint density at radius 2 is 1.35 bits per heavy atom. The first-order valence-corrected chi connectivity index (χ1v) is 6.48. The quantitative estimate of drug-likeness (QED) is 0.680. The van der Waals surface area contributed by atoms with Crippen LogP contribution in [0.15, 0.2) is 54.6 Å². The molecule has 1 aliphatic carbocycles. The van der Waals surface area contributed by atoms with Gasteiger partial charge >= 0.3 is 0 Å². The molecule has 0 nitrogen and oxygen atoms in total. The summed E-state index contributed by atoms with van der Waals surface area (Å²) in [7, 11) is 0. The molecule has 3 rings (SSSR count). The van der Waals surface area contributed by atoms with Crippen LogP contribution in [0.3, 0.4) is 0 Å². The van der Waals surface area contributed by atoms with Gasteiger partial charge in [-0.05, 0) is 41.4 Å². The van der Waals surface area contributed by atoms with Crippen molar-refractivity contribution < 1.29 is 0 Å². The van der Waals surface area contributed by atoms with Crippen LogP contribution in [0.1, 0.15) is 31.2 Å². The van der Waals surface area contributed by atoms with Crippen molar-refractivity contribution in [2.24, 2.45) is 5.92 Å². The third kappa shape index (κ3) is 2.12. The molecule has 0 heterocycles. The van der Waals surface area contributed by atoms with Crippen molar-refractivity contribution in [3.63, 3.8) is 0 Å². The maximum absolute atomic E-state index is 2.34. The highest BCUT2D eigenvalue weighted by Crippen LogP contribution is 2.41. The molecule has 0 aromatic heterocycles. The Kier molecular flexibility index (Phi) is 2.72. The van der Waals surface area contributed by atoms with Gasteiger partial charge in [-0.3, -0.25) is 0 Å². The number of hydrogen-bond acceptors (Lipinski definition) is 0. The van der Waals surface area contributed by atoms with Crippen molar-refractivity contribution in [1.82, 2.24) is 0 Å². The van der Waals surface area contributed by atoms with E-state index in [2.05, 4.69) is 61.5 Å². The maximum Gasteiger partial charge on any atom is -0.0157 e. The molecule has 1 fully saturated rings. The zero-order chi connectivity index (χ0) is 11.7. The minimum atomic E-state index is 0.815. The highest BCUT2D eigenvalue weighted by Gasteiger charge is 2.26. The first kappa shape index (κ1) is 10.6. The predicted molar refractivity (Wildman–Crippen MR) is 73.0 cm³/mol. The molecule has 17 heavy (non-hydrogen) atoms. The second kappa shape index (κ2) is 4.37. The summed E-state index contributed by atoms with van der Waals surface area (Å²) >= 11 is 0. The lowest BCUT2D eigenvalue weighted by molar-refractivity contribution is 0.288. The lowest BCUT2D eigenvalue weighted by atomic mass is 9.72. The van der Waals surface area contributed by atoms with E-state index in [1.54, 1.807) is 0 Å². The van der Waals surface area contributed by atoms with E-state index in [1.807, 2.05) is 0 Å². The monoisotopic (exact) mass is 222 g/mol. The Balaban J connectivity index is 1.81. The van der Waals surface area contributed by atoms with Gasteiger partial charge in [-0.25, -0.2) is 0 Å². The van der Waals surface area contributed by atoms with Gasteiger partial charge in [0.15, 0.2) is 0 Å². The normalized spacial score (nSPS) is 23.1. The van der Waals surface area contributed by atoms with Gasteiger partial charge in [0.25, 0.3) is 0 Å². The molecule has 0 heteroatoms. The van der Waals surface area contributed by atoms with Gasteiger partial charge in [0.05, 0.1) is 0 Å². The predicted octanol–water partition coefficient (Wildman–Crippen LogP) is 4.87. The van der Waals surface area contributed by atoms with Crippen LogP contribution in [-0.4, -0.2) is 0 Å². The van der Waals surface area contributed by atoms with Crippen molar-refractivity contribution in [3.8, 4) is 11.1 Å². The van der Waals surface area contributed by atoms with Gasteiger partial charge in [0.2, 0.25) is 0 Å². The lowest BCUT2D eigenvalue weighted by Crippen LogP contribution is -2.18. The summed E-state index contributed by atoms with van der Waals surface area (Å²) in [6.07, 6.45) is 2.73. The van der Waals surface area contributed by atoms with Crippen molar-refractivity contribution in [3.05, 3.63) is 60.2 Å². The standard InChI is InChI=1S/C17H18/c1-13-11-17(12-13)16-9-7-15(8-10-16)14-5-3-2-4-6-14/h2-10,13,17H,11-12H2,1H3. The van der Waals surface area contributed by atoms with E-state index in [1.165, 1.54) is 29.5 Å². The molecule has 0 saturated heterocycles. The summed E-state index contributed by atoms with van der Waals surface area (Å²) in [5.41, 5.74) is 4.14.